The van der Waals surface area contributed by atoms with E-state index in [9.17, 15) is 19.7 Å². The Balaban J connectivity index is 2.65. The molecule has 7 heteroatoms. The number of nitrogens with zero attached hydrogens (tertiary/aromatic N) is 2. The van der Waals surface area contributed by atoms with Gasteiger partial charge in [-0.15, -0.1) is 0 Å². The summed E-state index contributed by atoms with van der Waals surface area (Å²) in [6, 6.07) is 7.58. The Hall–Kier alpha value is -3.16. The molecule has 1 aromatic heterocycles. The molecule has 0 atom stereocenters. The number of anilines is 1. The van der Waals surface area contributed by atoms with Gasteiger partial charge < -0.3 is 15.5 Å². The molecular weight excluding hydrogens is 323 g/mol. The second kappa shape index (κ2) is 8.09. The fourth-order valence-electron chi connectivity index (χ4n) is 2.47. The van der Waals surface area contributed by atoms with Crippen molar-refractivity contribution in [3.05, 3.63) is 51.1 Å². The Morgan fingerprint density at radius 3 is 2.64 bits per heavy atom. The van der Waals surface area contributed by atoms with E-state index in [1.54, 1.807) is 6.07 Å². The predicted molar refractivity (Wildman–Crippen MR) is 90.9 cm³/mol. The smallest absolute Gasteiger partial charge is 0.268 e. The summed E-state index contributed by atoms with van der Waals surface area (Å²) in [5, 5.41) is 18.7. The maximum absolute atomic E-state index is 13.7. The number of aromatic amines is 1. The third kappa shape index (κ3) is 3.85. The lowest BCUT2D eigenvalue weighted by molar-refractivity contribution is 0.118. The molecule has 3 N–H and O–H groups in total. The van der Waals surface area contributed by atoms with Crippen LogP contribution >= 0.6 is 0 Å². The van der Waals surface area contributed by atoms with Crippen LogP contribution in [-0.4, -0.2) is 11.6 Å². The van der Waals surface area contributed by atoms with Crippen LogP contribution in [0.3, 0.4) is 0 Å². The first kappa shape index (κ1) is 18.2. The van der Waals surface area contributed by atoms with Gasteiger partial charge in [-0.2, -0.15) is 10.5 Å². The molecule has 1 aromatic carbocycles. The fraction of sp³-hybridized carbons (Fsp3) is 0.278. The number of aromatic nitrogens is 1. The molecule has 0 radical (unpaired) electrons. The summed E-state index contributed by atoms with van der Waals surface area (Å²) in [6.45, 7) is 2.62. The van der Waals surface area contributed by atoms with Crippen molar-refractivity contribution in [2.24, 2.45) is 0 Å². The normalized spacial score (nSPS) is 10.2. The van der Waals surface area contributed by atoms with Gasteiger partial charge in [0.15, 0.2) is 0 Å². The zero-order chi connectivity index (χ0) is 18.4. The van der Waals surface area contributed by atoms with E-state index in [1.807, 2.05) is 13.0 Å². The minimum Gasteiger partial charge on any atom is -0.384 e. The zero-order valence-electron chi connectivity index (χ0n) is 13.7. The Morgan fingerprint density at radius 2 is 2.00 bits per heavy atom. The number of hydrogen-bond acceptors (Lipinski definition) is 5. The van der Waals surface area contributed by atoms with E-state index >= 15 is 0 Å². The number of unbranched alkanes of at least 4 members (excludes halogenated alkanes) is 1. The van der Waals surface area contributed by atoms with Crippen LogP contribution in [-0.2, 0) is 11.3 Å². The maximum atomic E-state index is 13.7. The predicted octanol–water partition coefficient (Wildman–Crippen LogP) is 2.82. The average molecular weight is 340 g/mol. The topological polar surface area (TPSA) is 116 Å². The molecule has 0 saturated heterocycles. The lowest BCUT2D eigenvalue weighted by Gasteiger charge is -2.14. The number of ether oxygens (including phenoxy) is 1. The number of pyridine rings is 1. The van der Waals surface area contributed by atoms with Gasteiger partial charge in [0.25, 0.3) is 5.56 Å². The number of H-pyrrole nitrogens is 1. The van der Waals surface area contributed by atoms with Crippen LogP contribution in [0.15, 0.2) is 23.0 Å². The van der Waals surface area contributed by atoms with Crippen LogP contribution in [0.1, 0.15) is 36.5 Å². The van der Waals surface area contributed by atoms with Crippen LogP contribution in [0, 0.1) is 28.5 Å². The van der Waals surface area contributed by atoms with E-state index in [-0.39, 0.29) is 29.1 Å². The van der Waals surface area contributed by atoms with Gasteiger partial charge >= 0.3 is 0 Å². The molecule has 25 heavy (non-hydrogen) atoms. The maximum Gasteiger partial charge on any atom is 0.268 e. The molecule has 0 aliphatic rings. The van der Waals surface area contributed by atoms with Crippen molar-refractivity contribution in [1.82, 2.24) is 4.98 Å². The van der Waals surface area contributed by atoms with Crippen molar-refractivity contribution < 1.29 is 9.13 Å². The van der Waals surface area contributed by atoms with Gasteiger partial charge in [-0.3, -0.25) is 4.79 Å². The van der Waals surface area contributed by atoms with E-state index in [0.717, 1.165) is 12.8 Å². The van der Waals surface area contributed by atoms with Crippen molar-refractivity contribution in [3.8, 4) is 23.3 Å². The second-order valence-electron chi connectivity index (χ2n) is 5.42. The first-order valence-electron chi connectivity index (χ1n) is 7.76. The summed E-state index contributed by atoms with van der Waals surface area (Å²) < 4.78 is 19.2. The Bertz CT molecular complexity index is 922. The van der Waals surface area contributed by atoms with Gasteiger partial charge in [-0.25, -0.2) is 4.39 Å². The third-order valence-corrected chi connectivity index (χ3v) is 3.70. The van der Waals surface area contributed by atoms with Crippen LogP contribution in [0.5, 0.6) is 0 Å². The summed E-state index contributed by atoms with van der Waals surface area (Å²) in [4.78, 5) is 14.3. The van der Waals surface area contributed by atoms with E-state index < -0.39 is 11.4 Å². The van der Waals surface area contributed by atoms with Crippen molar-refractivity contribution >= 4 is 5.82 Å². The number of nitrogen functional groups attached to an aromatic ring is 1. The van der Waals surface area contributed by atoms with Gasteiger partial charge in [0.1, 0.15) is 34.9 Å². The number of hydrogen-bond donors (Lipinski definition) is 2. The lowest BCUT2D eigenvalue weighted by atomic mass is 9.93. The van der Waals surface area contributed by atoms with Crippen LogP contribution in [0.4, 0.5) is 10.2 Å². The highest BCUT2D eigenvalue weighted by atomic mass is 19.1. The largest absolute Gasteiger partial charge is 0.384 e. The molecule has 0 spiro atoms. The molecule has 2 aromatic rings. The lowest BCUT2D eigenvalue weighted by Crippen LogP contribution is -2.17. The first-order chi connectivity index (χ1) is 12.0. The minimum atomic E-state index is -0.698. The van der Waals surface area contributed by atoms with E-state index in [2.05, 4.69) is 4.98 Å². The number of nitrogens with two attached hydrogens (primary N) is 1. The van der Waals surface area contributed by atoms with Gasteiger partial charge in [0, 0.05) is 12.2 Å². The highest BCUT2D eigenvalue weighted by Crippen LogP contribution is 2.31. The SMILES string of the molecule is CCCCOCc1cc(F)ccc1-c1c(C#N)c(N)[nH]c(=O)c1C#N. The highest BCUT2D eigenvalue weighted by molar-refractivity contribution is 5.81. The molecule has 0 saturated carbocycles. The molecule has 0 bridgehead atoms. The summed E-state index contributed by atoms with van der Waals surface area (Å²) in [5.74, 6) is -0.614. The number of nitriles is 2. The van der Waals surface area contributed by atoms with Gasteiger partial charge in [0.2, 0.25) is 0 Å². The highest BCUT2D eigenvalue weighted by Gasteiger charge is 2.20. The van der Waals surface area contributed by atoms with Crippen molar-refractivity contribution in [2.75, 3.05) is 12.3 Å². The van der Waals surface area contributed by atoms with Gasteiger partial charge in [0.05, 0.1) is 6.61 Å². The van der Waals surface area contributed by atoms with E-state index in [1.165, 1.54) is 18.2 Å². The standard InChI is InChI=1S/C18H17FN4O2/c1-2-3-6-25-10-11-7-12(19)4-5-13(11)16-14(8-20)17(22)23-18(24)15(16)9-21/h4-5,7H,2-3,6,10H2,1H3,(H3,22,23,24). The van der Waals surface area contributed by atoms with Crippen molar-refractivity contribution in [1.29, 1.82) is 10.5 Å². The Labute approximate surface area is 144 Å². The Kier molecular flexibility index (Phi) is 5.89. The molecule has 128 valence electrons. The quantitative estimate of drug-likeness (QED) is 0.784. The molecule has 0 unspecified atom stereocenters. The van der Waals surface area contributed by atoms with Crippen LogP contribution in [0.2, 0.25) is 0 Å². The van der Waals surface area contributed by atoms with E-state index in [0.29, 0.717) is 17.7 Å². The molecule has 1 heterocycles. The number of rotatable bonds is 6. The van der Waals surface area contributed by atoms with Gasteiger partial charge in [-0.1, -0.05) is 19.4 Å². The molecule has 0 aliphatic carbocycles. The summed E-state index contributed by atoms with van der Waals surface area (Å²) >= 11 is 0. The molecular formula is C18H17FN4O2. The number of halogens is 1. The van der Waals surface area contributed by atoms with E-state index in [4.69, 9.17) is 10.5 Å². The number of nitrogens with one attached hydrogen (secondary N) is 1. The van der Waals surface area contributed by atoms with Crippen molar-refractivity contribution in [2.45, 2.75) is 26.4 Å². The summed E-state index contributed by atoms with van der Waals surface area (Å²) in [7, 11) is 0. The van der Waals surface area contributed by atoms with Crippen LogP contribution in [0.25, 0.3) is 11.1 Å². The molecule has 0 amide bonds. The summed E-state index contributed by atoms with van der Waals surface area (Å²) in [5.41, 5.74) is 5.66. The molecule has 2 rings (SSSR count). The second-order valence-corrected chi connectivity index (χ2v) is 5.42. The minimum absolute atomic E-state index is 0.0300. The molecule has 0 fully saturated rings. The first-order valence-corrected chi connectivity index (χ1v) is 7.76. The monoisotopic (exact) mass is 340 g/mol. The van der Waals surface area contributed by atoms with Crippen molar-refractivity contribution in [3.63, 3.8) is 0 Å². The molecule has 6 nitrogen and oxygen atoms in total. The van der Waals surface area contributed by atoms with Gasteiger partial charge in [-0.05, 0) is 29.7 Å². The van der Waals surface area contributed by atoms with Crippen LogP contribution < -0.4 is 11.3 Å². The third-order valence-electron chi connectivity index (χ3n) is 3.70. The zero-order valence-corrected chi connectivity index (χ0v) is 13.7. The average Bonchev–Trinajstić information content (AvgIpc) is 2.58. The summed E-state index contributed by atoms with van der Waals surface area (Å²) in [6.07, 6.45) is 1.81. The number of benzene rings is 1. The Morgan fingerprint density at radius 1 is 1.28 bits per heavy atom. The molecule has 0 aliphatic heterocycles. The fourth-order valence-corrected chi connectivity index (χ4v) is 2.47.